The van der Waals surface area contributed by atoms with E-state index < -0.39 is 0 Å². The molecule has 23 heavy (non-hydrogen) atoms. The minimum atomic E-state index is 0.0239. The number of imidazole rings is 1. The van der Waals surface area contributed by atoms with Crippen LogP contribution in [0.3, 0.4) is 0 Å². The highest BCUT2D eigenvalue weighted by Crippen LogP contribution is 2.40. The molecule has 3 heterocycles. The second-order valence-electron chi connectivity index (χ2n) is 6.74. The molecule has 6 nitrogen and oxygen atoms in total. The first-order valence-corrected chi connectivity index (χ1v) is 8.62. The SMILES string of the molecule is CCC1=C(C(=O)N2CCc3nc[nH]c3C2)OC(C2CCC2)N1C. The van der Waals surface area contributed by atoms with Gasteiger partial charge in [-0.25, -0.2) is 4.98 Å². The summed E-state index contributed by atoms with van der Waals surface area (Å²) in [5.74, 6) is 1.15. The van der Waals surface area contributed by atoms with Crippen LogP contribution in [0.25, 0.3) is 0 Å². The summed E-state index contributed by atoms with van der Waals surface area (Å²) < 4.78 is 6.15. The lowest BCUT2D eigenvalue weighted by Gasteiger charge is -2.35. The van der Waals surface area contributed by atoms with Crippen LogP contribution < -0.4 is 0 Å². The molecule has 1 aromatic heterocycles. The number of nitrogens with one attached hydrogen (secondary N) is 1. The molecule has 1 aromatic rings. The van der Waals surface area contributed by atoms with Crippen molar-refractivity contribution >= 4 is 5.91 Å². The largest absolute Gasteiger partial charge is 0.463 e. The van der Waals surface area contributed by atoms with Crippen molar-refractivity contribution in [2.75, 3.05) is 13.6 Å². The predicted molar refractivity (Wildman–Crippen MR) is 85.0 cm³/mol. The van der Waals surface area contributed by atoms with Gasteiger partial charge in [0.25, 0.3) is 5.91 Å². The molecule has 1 atom stereocenters. The van der Waals surface area contributed by atoms with Crippen LogP contribution in [0, 0.1) is 5.92 Å². The Morgan fingerprint density at radius 3 is 3.00 bits per heavy atom. The Morgan fingerprint density at radius 1 is 1.48 bits per heavy atom. The smallest absolute Gasteiger partial charge is 0.291 e. The maximum absolute atomic E-state index is 13.0. The van der Waals surface area contributed by atoms with E-state index in [1.165, 1.54) is 19.3 Å². The monoisotopic (exact) mass is 316 g/mol. The Bertz CT molecular complexity index is 647. The molecule has 1 saturated carbocycles. The standard InChI is InChI=1S/C17H24N4O2/c1-3-14-15(23-17(20(14)2)11-5-4-6-11)16(22)21-8-7-12-13(9-21)19-10-18-12/h10-11,17H,3-9H2,1-2H3,(H,18,19). The van der Waals surface area contributed by atoms with Crippen LogP contribution in [0.5, 0.6) is 0 Å². The van der Waals surface area contributed by atoms with E-state index in [1.807, 2.05) is 4.90 Å². The van der Waals surface area contributed by atoms with Gasteiger partial charge in [-0.3, -0.25) is 4.79 Å². The Kier molecular flexibility index (Phi) is 3.54. The molecule has 1 N–H and O–H groups in total. The van der Waals surface area contributed by atoms with E-state index in [9.17, 15) is 4.79 Å². The number of amides is 1. The molecule has 0 radical (unpaired) electrons. The molecule has 124 valence electrons. The highest BCUT2D eigenvalue weighted by molar-refractivity contribution is 5.92. The summed E-state index contributed by atoms with van der Waals surface area (Å²) in [6.07, 6.45) is 7.07. The van der Waals surface area contributed by atoms with Crippen molar-refractivity contribution in [1.29, 1.82) is 0 Å². The molecule has 6 heteroatoms. The first-order chi connectivity index (χ1) is 11.2. The van der Waals surface area contributed by atoms with E-state index in [0.29, 0.717) is 24.8 Å². The lowest BCUT2D eigenvalue weighted by molar-refractivity contribution is -0.134. The third-order valence-corrected chi connectivity index (χ3v) is 5.45. The number of ether oxygens (including phenoxy) is 1. The average molecular weight is 316 g/mol. The number of carbonyl (C=O) groups excluding carboxylic acids is 1. The second kappa shape index (κ2) is 5.58. The summed E-state index contributed by atoms with van der Waals surface area (Å²) in [6.45, 7) is 3.39. The Morgan fingerprint density at radius 2 is 2.30 bits per heavy atom. The number of hydrogen-bond donors (Lipinski definition) is 1. The molecule has 3 aliphatic rings. The van der Waals surface area contributed by atoms with Crippen molar-refractivity contribution in [3.05, 3.63) is 29.2 Å². The maximum atomic E-state index is 13.0. The summed E-state index contributed by atoms with van der Waals surface area (Å²) in [4.78, 5) is 24.5. The summed E-state index contributed by atoms with van der Waals surface area (Å²) in [5.41, 5.74) is 3.17. The molecule has 0 spiro atoms. The van der Waals surface area contributed by atoms with Gasteiger partial charge in [0.05, 0.1) is 30.0 Å². The quantitative estimate of drug-likeness (QED) is 0.926. The number of hydrogen-bond acceptors (Lipinski definition) is 4. The fourth-order valence-electron chi connectivity index (χ4n) is 3.83. The van der Waals surface area contributed by atoms with E-state index in [4.69, 9.17) is 4.74 Å². The number of H-pyrrole nitrogens is 1. The molecule has 0 bridgehead atoms. The van der Waals surface area contributed by atoms with Crippen LogP contribution in [0.2, 0.25) is 0 Å². The number of aromatic amines is 1. The Balaban J connectivity index is 1.54. The van der Waals surface area contributed by atoms with E-state index in [0.717, 1.165) is 29.9 Å². The summed E-state index contributed by atoms with van der Waals surface area (Å²) >= 11 is 0. The molecular weight excluding hydrogens is 292 g/mol. The molecule has 4 rings (SSSR count). The highest BCUT2D eigenvalue weighted by Gasteiger charge is 2.41. The van der Waals surface area contributed by atoms with Crippen molar-refractivity contribution in [2.45, 2.75) is 51.8 Å². The third kappa shape index (κ3) is 2.31. The van der Waals surface area contributed by atoms with Gasteiger partial charge in [0, 0.05) is 25.9 Å². The number of fused-ring (bicyclic) bond motifs is 1. The number of allylic oxidation sites excluding steroid dienone is 1. The van der Waals surface area contributed by atoms with Crippen LogP contribution in [0.4, 0.5) is 0 Å². The Hall–Kier alpha value is -1.98. The summed E-state index contributed by atoms with van der Waals surface area (Å²) in [7, 11) is 2.06. The number of nitrogens with zero attached hydrogens (tertiary/aromatic N) is 3. The molecule has 1 unspecified atom stereocenters. The molecule has 0 aromatic carbocycles. The van der Waals surface area contributed by atoms with Gasteiger partial charge in [0.15, 0.2) is 6.23 Å². The van der Waals surface area contributed by atoms with Crippen molar-refractivity contribution < 1.29 is 9.53 Å². The first-order valence-electron chi connectivity index (χ1n) is 8.62. The first kappa shape index (κ1) is 14.6. The van der Waals surface area contributed by atoms with Gasteiger partial charge in [0.1, 0.15) is 0 Å². The van der Waals surface area contributed by atoms with Crippen molar-refractivity contribution in [3.63, 3.8) is 0 Å². The molecule has 1 fully saturated rings. The van der Waals surface area contributed by atoms with E-state index in [-0.39, 0.29) is 12.1 Å². The number of carbonyl (C=O) groups is 1. The van der Waals surface area contributed by atoms with Crippen LogP contribution in [0.1, 0.15) is 44.0 Å². The van der Waals surface area contributed by atoms with Gasteiger partial charge in [0.2, 0.25) is 5.76 Å². The highest BCUT2D eigenvalue weighted by atomic mass is 16.5. The fraction of sp³-hybridized carbons (Fsp3) is 0.647. The summed E-state index contributed by atoms with van der Waals surface area (Å²) in [6, 6.07) is 0. The van der Waals surface area contributed by atoms with Gasteiger partial charge in [-0.05, 0) is 19.3 Å². The van der Waals surface area contributed by atoms with Gasteiger partial charge in [-0.15, -0.1) is 0 Å². The van der Waals surface area contributed by atoms with Crippen molar-refractivity contribution in [2.24, 2.45) is 5.92 Å². The third-order valence-electron chi connectivity index (χ3n) is 5.45. The summed E-state index contributed by atoms with van der Waals surface area (Å²) in [5, 5.41) is 0. The maximum Gasteiger partial charge on any atom is 0.291 e. The number of rotatable bonds is 3. The van der Waals surface area contributed by atoms with Gasteiger partial charge in [-0.1, -0.05) is 13.3 Å². The van der Waals surface area contributed by atoms with Crippen LogP contribution >= 0.6 is 0 Å². The molecular formula is C17H24N4O2. The van der Waals surface area contributed by atoms with Crippen LogP contribution in [-0.4, -0.2) is 45.5 Å². The molecule has 1 amide bonds. The number of aromatic nitrogens is 2. The van der Waals surface area contributed by atoms with Crippen molar-refractivity contribution in [3.8, 4) is 0 Å². The van der Waals surface area contributed by atoms with Crippen LogP contribution in [0.15, 0.2) is 17.8 Å². The minimum absolute atomic E-state index is 0.0239. The Labute approximate surface area is 136 Å². The lowest BCUT2D eigenvalue weighted by atomic mass is 9.83. The van der Waals surface area contributed by atoms with Crippen molar-refractivity contribution in [1.82, 2.24) is 19.8 Å². The molecule has 0 saturated heterocycles. The van der Waals surface area contributed by atoms with Crippen LogP contribution in [-0.2, 0) is 22.5 Å². The topological polar surface area (TPSA) is 61.5 Å². The predicted octanol–water partition coefficient (Wildman–Crippen LogP) is 2.00. The van der Waals surface area contributed by atoms with E-state index >= 15 is 0 Å². The lowest BCUT2D eigenvalue weighted by Crippen LogP contribution is -2.39. The second-order valence-corrected chi connectivity index (χ2v) is 6.74. The fourth-order valence-corrected chi connectivity index (χ4v) is 3.83. The van der Waals surface area contributed by atoms with Gasteiger partial charge in [-0.2, -0.15) is 0 Å². The normalized spacial score (nSPS) is 24.5. The zero-order valence-electron chi connectivity index (χ0n) is 13.8. The zero-order valence-corrected chi connectivity index (χ0v) is 13.8. The van der Waals surface area contributed by atoms with E-state index in [1.54, 1.807) is 6.33 Å². The average Bonchev–Trinajstić information content (AvgIpc) is 3.09. The van der Waals surface area contributed by atoms with Gasteiger partial charge < -0.3 is 19.5 Å². The van der Waals surface area contributed by atoms with E-state index in [2.05, 4.69) is 28.8 Å². The minimum Gasteiger partial charge on any atom is -0.463 e. The van der Waals surface area contributed by atoms with Gasteiger partial charge >= 0.3 is 0 Å². The zero-order chi connectivity index (χ0) is 16.0. The molecule has 1 aliphatic carbocycles. The molecule has 2 aliphatic heterocycles.